The van der Waals surface area contributed by atoms with Gasteiger partial charge in [-0.15, -0.1) is 24.0 Å². The number of carbonyl (C=O) groups excluding carboxylic acids is 1. The zero-order valence-electron chi connectivity index (χ0n) is 18.9. The fourth-order valence-electron chi connectivity index (χ4n) is 3.84. The molecule has 6 heteroatoms. The van der Waals surface area contributed by atoms with E-state index in [1.807, 2.05) is 29.2 Å². The van der Waals surface area contributed by atoms with Gasteiger partial charge in [0.1, 0.15) is 0 Å². The zero-order valence-corrected chi connectivity index (χ0v) is 21.2. The number of halogens is 1. The van der Waals surface area contributed by atoms with Gasteiger partial charge in [0.15, 0.2) is 5.96 Å². The maximum Gasteiger partial charge on any atom is 0.253 e. The number of rotatable bonds is 6. The highest BCUT2D eigenvalue weighted by molar-refractivity contribution is 14.0. The molecular formula is C25H35IN4O. The van der Waals surface area contributed by atoms with Crippen molar-refractivity contribution >= 4 is 35.8 Å². The lowest BCUT2D eigenvalue weighted by atomic mass is 9.99. The molecule has 0 saturated carbocycles. The summed E-state index contributed by atoms with van der Waals surface area (Å²) in [4.78, 5) is 19.1. The van der Waals surface area contributed by atoms with Crippen molar-refractivity contribution in [2.45, 2.75) is 45.6 Å². The second-order valence-electron chi connectivity index (χ2n) is 8.18. The molecule has 1 atom stereocenters. The van der Waals surface area contributed by atoms with Crippen LogP contribution in [0.5, 0.6) is 0 Å². The second-order valence-corrected chi connectivity index (χ2v) is 8.18. The third-order valence-corrected chi connectivity index (χ3v) is 5.69. The molecule has 2 aromatic carbocycles. The molecule has 1 saturated heterocycles. The van der Waals surface area contributed by atoms with E-state index in [1.54, 1.807) is 7.05 Å². The van der Waals surface area contributed by atoms with Crippen molar-refractivity contribution < 1.29 is 4.79 Å². The maximum atomic E-state index is 12.8. The summed E-state index contributed by atoms with van der Waals surface area (Å²) in [5.41, 5.74) is 4.45. The van der Waals surface area contributed by atoms with E-state index in [1.165, 1.54) is 17.5 Å². The molecule has 31 heavy (non-hydrogen) atoms. The molecular weight excluding hydrogens is 499 g/mol. The van der Waals surface area contributed by atoms with Crippen molar-refractivity contribution in [3.8, 4) is 0 Å². The van der Waals surface area contributed by atoms with E-state index in [-0.39, 0.29) is 29.9 Å². The first-order valence-electron chi connectivity index (χ1n) is 11.0. The SMILES string of the molecule is CN=C(NCc1cccc(C(=O)N2CCCCC2)c1)NCC(C)c1cccc(C)c1.I. The molecule has 5 nitrogen and oxygen atoms in total. The quantitative estimate of drug-likeness (QED) is 0.321. The van der Waals surface area contributed by atoms with Gasteiger partial charge in [0.2, 0.25) is 0 Å². The number of nitrogens with one attached hydrogen (secondary N) is 2. The lowest BCUT2D eigenvalue weighted by Crippen LogP contribution is -2.38. The second kappa shape index (κ2) is 12.7. The first kappa shape index (κ1) is 25.2. The van der Waals surface area contributed by atoms with E-state index in [9.17, 15) is 4.79 Å². The molecule has 1 amide bonds. The molecule has 2 N–H and O–H groups in total. The van der Waals surface area contributed by atoms with Crippen molar-refractivity contribution in [2.75, 3.05) is 26.7 Å². The van der Waals surface area contributed by atoms with Gasteiger partial charge in [-0.05, 0) is 55.4 Å². The third kappa shape index (κ3) is 7.52. The maximum absolute atomic E-state index is 12.8. The predicted octanol–water partition coefficient (Wildman–Crippen LogP) is 4.71. The number of likely N-dealkylation sites (tertiary alicyclic amines) is 1. The van der Waals surface area contributed by atoms with Crippen LogP contribution < -0.4 is 10.6 Å². The van der Waals surface area contributed by atoms with Crippen LogP contribution in [0, 0.1) is 6.92 Å². The minimum Gasteiger partial charge on any atom is -0.356 e. The summed E-state index contributed by atoms with van der Waals surface area (Å²) in [6.07, 6.45) is 3.44. The standard InChI is InChI=1S/C25H34N4O.HI/c1-19-9-7-11-22(15-19)20(2)17-27-25(26-3)28-18-21-10-8-12-23(16-21)24(30)29-13-5-4-6-14-29;/h7-12,15-16,20H,4-6,13-14,17-18H2,1-3H3,(H2,26,27,28);1H. The number of piperidine rings is 1. The van der Waals surface area contributed by atoms with Crippen molar-refractivity contribution in [1.82, 2.24) is 15.5 Å². The molecule has 1 fully saturated rings. The van der Waals surface area contributed by atoms with Gasteiger partial charge in [-0.2, -0.15) is 0 Å². The number of guanidine groups is 1. The Morgan fingerprint density at radius 3 is 2.52 bits per heavy atom. The van der Waals surface area contributed by atoms with Crippen molar-refractivity contribution in [3.05, 3.63) is 70.8 Å². The molecule has 1 unspecified atom stereocenters. The monoisotopic (exact) mass is 534 g/mol. The van der Waals surface area contributed by atoms with Crippen LogP contribution in [0.25, 0.3) is 0 Å². The van der Waals surface area contributed by atoms with Crippen LogP contribution in [0.3, 0.4) is 0 Å². The lowest BCUT2D eigenvalue weighted by Gasteiger charge is -2.26. The fourth-order valence-corrected chi connectivity index (χ4v) is 3.84. The normalized spacial score (nSPS) is 15.1. The molecule has 0 aromatic heterocycles. The largest absolute Gasteiger partial charge is 0.356 e. The Morgan fingerprint density at radius 1 is 1.06 bits per heavy atom. The topological polar surface area (TPSA) is 56.7 Å². The number of nitrogens with zero attached hydrogens (tertiary/aromatic N) is 2. The van der Waals surface area contributed by atoms with Gasteiger partial charge in [-0.3, -0.25) is 9.79 Å². The molecule has 3 rings (SSSR count). The summed E-state index contributed by atoms with van der Waals surface area (Å²) < 4.78 is 0. The summed E-state index contributed by atoms with van der Waals surface area (Å²) in [5, 5.41) is 6.77. The van der Waals surface area contributed by atoms with Gasteiger partial charge in [0.25, 0.3) is 5.91 Å². The molecule has 0 bridgehead atoms. The summed E-state index contributed by atoms with van der Waals surface area (Å²) in [6, 6.07) is 16.5. The van der Waals surface area contributed by atoms with Gasteiger partial charge < -0.3 is 15.5 Å². The van der Waals surface area contributed by atoms with Crippen LogP contribution in [0.15, 0.2) is 53.5 Å². The van der Waals surface area contributed by atoms with Crippen molar-refractivity contribution in [1.29, 1.82) is 0 Å². The first-order chi connectivity index (χ1) is 14.6. The summed E-state index contributed by atoms with van der Waals surface area (Å²) in [6.45, 7) is 7.50. The number of amides is 1. The van der Waals surface area contributed by atoms with Gasteiger partial charge in [0.05, 0.1) is 0 Å². The van der Waals surface area contributed by atoms with E-state index in [0.717, 1.165) is 49.6 Å². The number of aliphatic imine (C=N–C) groups is 1. The molecule has 168 valence electrons. The first-order valence-corrected chi connectivity index (χ1v) is 11.0. The Hall–Kier alpha value is -2.09. The Balaban J connectivity index is 0.00000341. The molecule has 1 aliphatic rings. The van der Waals surface area contributed by atoms with Crippen LogP contribution in [-0.4, -0.2) is 43.4 Å². The van der Waals surface area contributed by atoms with Crippen LogP contribution in [0.1, 0.15) is 59.2 Å². The fraction of sp³-hybridized carbons (Fsp3) is 0.440. The molecule has 0 radical (unpaired) electrons. The van der Waals surface area contributed by atoms with Gasteiger partial charge in [0, 0.05) is 38.8 Å². The van der Waals surface area contributed by atoms with Crippen LogP contribution in [0.4, 0.5) is 0 Å². The van der Waals surface area contributed by atoms with E-state index < -0.39 is 0 Å². The van der Waals surface area contributed by atoms with Crippen molar-refractivity contribution in [3.63, 3.8) is 0 Å². The van der Waals surface area contributed by atoms with Crippen molar-refractivity contribution in [2.24, 2.45) is 4.99 Å². The molecule has 1 heterocycles. The Kier molecular flexibility index (Phi) is 10.3. The van der Waals surface area contributed by atoms with Gasteiger partial charge >= 0.3 is 0 Å². The number of aryl methyl sites for hydroxylation is 1. The average molecular weight is 534 g/mol. The van der Waals surface area contributed by atoms with Crippen LogP contribution in [-0.2, 0) is 6.54 Å². The van der Waals surface area contributed by atoms with Gasteiger partial charge in [-0.1, -0.05) is 48.9 Å². The Bertz CT molecular complexity index is 877. The summed E-state index contributed by atoms with van der Waals surface area (Å²) in [7, 11) is 1.78. The number of hydrogen-bond donors (Lipinski definition) is 2. The molecule has 2 aromatic rings. The predicted molar refractivity (Wildman–Crippen MR) is 139 cm³/mol. The van der Waals surface area contributed by atoms with Crippen LogP contribution in [0.2, 0.25) is 0 Å². The van der Waals surface area contributed by atoms with E-state index in [2.05, 4.69) is 53.7 Å². The molecule has 0 aliphatic carbocycles. The third-order valence-electron chi connectivity index (χ3n) is 5.69. The summed E-state index contributed by atoms with van der Waals surface area (Å²) >= 11 is 0. The smallest absolute Gasteiger partial charge is 0.253 e. The minimum absolute atomic E-state index is 0. The Morgan fingerprint density at radius 2 is 1.81 bits per heavy atom. The zero-order chi connectivity index (χ0) is 21.3. The van der Waals surface area contributed by atoms with E-state index in [4.69, 9.17) is 0 Å². The highest BCUT2D eigenvalue weighted by Crippen LogP contribution is 2.16. The average Bonchev–Trinajstić information content (AvgIpc) is 2.79. The minimum atomic E-state index is 0. The lowest BCUT2D eigenvalue weighted by molar-refractivity contribution is 0.0724. The Labute approximate surface area is 203 Å². The number of carbonyl (C=O) groups is 1. The van der Waals surface area contributed by atoms with E-state index in [0.29, 0.717) is 12.5 Å². The summed E-state index contributed by atoms with van der Waals surface area (Å²) in [5.74, 6) is 1.29. The highest BCUT2D eigenvalue weighted by atomic mass is 127. The number of benzene rings is 2. The highest BCUT2D eigenvalue weighted by Gasteiger charge is 2.18. The molecule has 1 aliphatic heterocycles. The number of hydrogen-bond acceptors (Lipinski definition) is 2. The molecule has 0 spiro atoms. The van der Waals surface area contributed by atoms with E-state index >= 15 is 0 Å². The van der Waals surface area contributed by atoms with Gasteiger partial charge in [-0.25, -0.2) is 0 Å². The van der Waals surface area contributed by atoms with Crippen LogP contribution >= 0.6 is 24.0 Å².